The van der Waals surface area contributed by atoms with E-state index in [4.69, 9.17) is 8.94 Å². The van der Waals surface area contributed by atoms with E-state index in [0.717, 1.165) is 13.0 Å². The predicted octanol–water partition coefficient (Wildman–Crippen LogP) is 2.68. The van der Waals surface area contributed by atoms with Gasteiger partial charge in [-0.3, -0.25) is 4.79 Å². The molecule has 3 heterocycles. The Morgan fingerprint density at radius 3 is 3.00 bits per heavy atom. The number of furan rings is 1. The number of rotatable bonds is 7. The van der Waals surface area contributed by atoms with Crippen LogP contribution in [-0.2, 0) is 6.54 Å². The van der Waals surface area contributed by atoms with Crippen LogP contribution in [-0.4, -0.2) is 38.6 Å². The molecule has 1 amide bonds. The second-order valence-electron chi connectivity index (χ2n) is 5.09. The Balaban J connectivity index is 1.60. The van der Waals surface area contributed by atoms with Gasteiger partial charge in [0.05, 0.1) is 12.6 Å². The summed E-state index contributed by atoms with van der Waals surface area (Å²) in [7, 11) is 0. The Morgan fingerprint density at radius 2 is 2.30 bits per heavy atom. The van der Waals surface area contributed by atoms with E-state index in [2.05, 4.69) is 10.1 Å². The molecular weight excluding hydrogens is 296 g/mol. The first-order chi connectivity index (χ1) is 11.3. The van der Waals surface area contributed by atoms with Crippen LogP contribution in [0.25, 0.3) is 11.5 Å². The second-order valence-corrected chi connectivity index (χ2v) is 5.09. The van der Waals surface area contributed by atoms with E-state index in [1.54, 1.807) is 41.9 Å². The maximum Gasteiger partial charge on any atom is 0.276 e. The fourth-order valence-electron chi connectivity index (χ4n) is 2.34. The third-order valence-electron chi connectivity index (χ3n) is 3.57. The summed E-state index contributed by atoms with van der Waals surface area (Å²) in [6.07, 6.45) is 7.82. The average Bonchev–Trinajstić information content (AvgIpc) is 3.33. The lowest BCUT2D eigenvalue weighted by molar-refractivity contribution is 0.0750. The highest BCUT2D eigenvalue weighted by molar-refractivity contribution is 5.93. The maximum atomic E-state index is 12.5. The number of carbonyl (C=O) groups is 1. The van der Waals surface area contributed by atoms with Gasteiger partial charge >= 0.3 is 0 Å². The van der Waals surface area contributed by atoms with Gasteiger partial charge in [0.1, 0.15) is 0 Å². The van der Waals surface area contributed by atoms with E-state index in [1.165, 1.54) is 0 Å². The van der Waals surface area contributed by atoms with Crippen LogP contribution in [0.15, 0.2) is 52.1 Å². The number of hydrogen-bond acceptors (Lipinski definition) is 5. The van der Waals surface area contributed by atoms with E-state index >= 15 is 0 Å². The highest BCUT2D eigenvalue weighted by Crippen LogP contribution is 2.21. The highest BCUT2D eigenvalue weighted by atomic mass is 16.5. The fourth-order valence-corrected chi connectivity index (χ4v) is 2.34. The van der Waals surface area contributed by atoms with Crippen molar-refractivity contribution in [1.82, 2.24) is 19.6 Å². The molecule has 120 valence electrons. The van der Waals surface area contributed by atoms with E-state index in [9.17, 15) is 4.79 Å². The molecule has 7 heteroatoms. The summed E-state index contributed by atoms with van der Waals surface area (Å²) < 4.78 is 12.4. The van der Waals surface area contributed by atoms with Gasteiger partial charge in [-0.1, -0.05) is 5.16 Å². The smallest absolute Gasteiger partial charge is 0.276 e. The van der Waals surface area contributed by atoms with Crippen LogP contribution >= 0.6 is 0 Å². The lowest BCUT2D eigenvalue weighted by atomic mass is 10.2. The molecule has 0 aliphatic heterocycles. The van der Waals surface area contributed by atoms with Crippen LogP contribution in [0.4, 0.5) is 0 Å². The molecule has 0 saturated carbocycles. The normalized spacial score (nSPS) is 10.8. The summed E-state index contributed by atoms with van der Waals surface area (Å²) in [6, 6.07) is 5.13. The predicted molar refractivity (Wildman–Crippen MR) is 82.6 cm³/mol. The van der Waals surface area contributed by atoms with Gasteiger partial charge in [0.25, 0.3) is 5.91 Å². The van der Waals surface area contributed by atoms with Gasteiger partial charge in [0.2, 0.25) is 5.76 Å². The summed E-state index contributed by atoms with van der Waals surface area (Å²) in [5.41, 5.74) is 0.292. The first kappa shape index (κ1) is 15.1. The Bertz CT molecular complexity index is 731. The van der Waals surface area contributed by atoms with Crippen molar-refractivity contribution in [2.24, 2.45) is 0 Å². The molecule has 23 heavy (non-hydrogen) atoms. The van der Waals surface area contributed by atoms with Gasteiger partial charge in [-0.15, -0.1) is 0 Å². The zero-order chi connectivity index (χ0) is 16.1. The fraction of sp³-hybridized carbons (Fsp3) is 0.312. The molecule has 0 radical (unpaired) electrons. The molecule has 0 unspecified atom stereocenters. The number of carbonyl (C=O) groups excluding carboxylic acids is 1. The Labute approximate surface area is 133 Å². The molecule has 0 bridgehead atoms. The van der Waals surface area contributed by atoms with Gasteiger partial charge in [-0.25, -0.2) is 4.98 Å². The minimum Gasteiger partial charge on any atom is -0.461 e. The van der Waals surface area contributed by atoms with Gasteiger partial charge < -0.3 is 18.4 Å². The van der Waals surface area contributed by atoms with Crippen molar-refractivity contribution in [2.75, 3.05) is 13.1 Å². The Kier molecular flexibility index (Phi) is 4.56. The molecule has 0 atom stereocenters. The molecule has 0 N–H and O–H groups in total. The molecule has 0 saturated heterocycles. The van der Waals surface area contributed by atoms with Gasteiger partial charge in [0.15, 0.2) is 11.5 Å². The molecule has 0 spiro atoms. The van der Waals surface area contributed by atoms with E-state index in [-0.39, 0.29) is 5.91 Å². The van der Waals surface area contributed by atoms with Crippen LogP contribution in [0.3, 0.4) is 0 Å². The van der Waals surface area contributed by atoms with Crippen molar-refractivity contribution in [3.8, 4) is 11.5 Å². The number of nitrogens with zero attached hydrogens (tertiary/aromatic N) is 4. The van der Waals surface area contributed by atoms with Crippen LogP contribution < -0.4 is 0 Å². The van der Waals surface area contributed by atoms with Crippen molar-refractivity contribution < 1.29 is 13.7 Å². The van der Waals surface area contributed by atoms with Crippen molar-refractivity contribution in [3.63, 3.8) is 0 Å². The lowest BCUT2D eigenvalue weighted by Gasteiger charge is -2.19. The number of amides is 1. The zero-order valence-electron chi connectivity index (χ0n) is 12.9. The van der Waals surface area contributed by atoms with Gasteiger partial charge in [-0.05, 0) is 25.5 Å². The quantitative estimate of drug-likeness (QED) is 0.670. The van der Waals surface area contributed by atoms with Crippen LogP contribution in [0.5, 0.6) is 0 Å². The summed E-state index contributed by atoms with van der Waals surface area (Å²) in [4.78, 5) is 18.3. The number of imidazole rings is 1. The zero-order valence-corrected chi connectivity index (χ0v) is 12.9. The maximum absolute atomic E-state index is 12.5. The molecule has 3 aromatic heterocycles. The Hall–Kier alpha value is -2.83. The largest absolute Gasteiger partial charge is 0.461 e. The first-order valence-electron chi connectivity index (χ1n) is 7.53. The van der Waals surface area contributed by atoms with Gasteiger partial charge in [0, 0.05) is 38.1 Å². The van der Waals surface area contributed by atoms with E-state index in [0.29, 0.717) is 30.3 Å². The summed E-state index contributed by atoms with van der Waals surface area (Å²) in [6.45, 7) is 4.03. The van der Waals surface area contributed by atoms with Crippen LogP contribution in [0.2, 0.25) is 0 Å². The molecule has 0 aliphatic carbocycles. The third kappa shape index (κ3) is 3.50. The standard InChI is InChI=1S/C16H18N4O3/c1-2-20(8-4-7-19-9-6-17-12-19)16(21)13-11-15(23-18-13)14-5-3-10-22-14/h3,5-6,9-12H,2,4,7-8H2,1H3. The van der Waals surface area contributed by atoms with Crippen molar-refractivity contribution in [2.45, 2.75) is 19.9 Å². The summed E-state index contributed by atoms with van der Waals surface area (Å²) in [5, 5.41) is 3.86. The molecule has 0 fully saturated rings. The third-order valence-corrected chi connectivity index (χ3v) is 3.57. The summed E-state index contributed by atoms with van der Waals surface area (Å²) >= 11 is 0. The number of aryl methyl sites for hydroxylation is 1. The monoisotopic (exact) mass is 314 g/mol. The van der Waals surface area contributed by atoms with Crippen molar-refractivity contribution in [3.05, 3.63) is 48.9 Å². The van der Waals surface area contributed by atoms with Gasteiger partial charge in [-0.2, -0.15) is 0 Å². The molecule has 7 nitrogen and oxygen atoms in total. The van der Waals surface area contributed by atoms with E-state index in [1.807, 2.05) is 17.7 Å². The molecule has 0 aromatic carbocycles. The Morgan fingerprint density at radius 1 is 1.39 bits per heavy atom. The highest BCUT2D eigenvalue weighted by Gasteiger charge is 2.19. The second kappa shape index (κ2) is 6.95. The SMILES string of the molecule is CCN(CCCn1ccnc1)C(=O)c1cc(-c2ccco2)on1. The van der Waals surface area contributed by atoms with E-state index < -0.39 is 0 Å². The molecular formula is C16H18N4O3. The van der Waals surface area contributed by atoms with Crippen molar-refractivity contribution >= 4 is 5.91 Å². The molecule has 3 rings (SSSR count). The minimum atomic E-state index is -0.139. The van der Waals surface area contributed by atoms with Crippen LogP contribution in [0, 0.1) is 0 Å². The number of hydrogen-bond donors (Lipinski definition) is 0. The first-order valence-corrected chi connectivity index (χ1v) is 7.53. The topological polar surface area (TPSA) is 77.3 Å². The number of aromatic nitrogens is 3. The minimum absolute atomic E-state index is 0.139. The summed E-state index contributed by atoms with van der Waals surface area (Å²) in [5.74, 6) is 0.868. The lowest BCUT2D eigenvalue weighted by Crippen LogP contribution is -2.32. The van der Waals surface area contributed by atoms with Crippen molar-refractivity contribution in [1.29, 1.82) is 0 Å². The average molecular weight is 314 g/mol. The molecule has 0 aliphatic rings. The van der Waals surface area contributed by atoms with Crippen LogP contribution in [0.1, 0.15) is 23.8 Å². The molecule has 3 aromatic rings.